The van der Waals surface area contributed by atoms with Crippen molar-refractivity contribution in [3.8, 4) is 0 Å². The summed E-state index contributed by atoms with van der Waals surface area (Å²) < 4.78 is 5.63. The molecule has 1 atom stereocenters. The van der Waals surface area contributed by atoms with Crippen molar-refractivity contribution in [2.75, 3.05) is 26.2 Å². The number of halogens is 1. The van der Waals surface area contributed by atoms with Crippen molar-refractivity contribution in [1.29, 1.82) is 0 Å². The molecule has 2 aromatic rings. The summed E-state index contributed by atoms with van der Waals surface area (Å²) in [6, 6.07) is 11.9. The molecule has 1 amide bonds. The standard InChI is InChI=1S/C24H30ClN3O2/c1-17-4-9-22(24(29)26-15-21-3-2-14-30-21)23(27-17)19-10-12-28(13-11-19)16-18-5-7-20(25)8-6-18/h4-9,19,21H,2-3,10-16H2,1H3,(H,26,29). The monoisotopic (exact) mass is 427 g/mol. The molecule has 1 N–H and O–H groups in total. The Morgan fingerprint density at radius 2 is 1.93 bits per heavy atom. The van der Waals surface area contributed by atoms with Gasteiger partial charge in [0.2, 0.25) is 0 Å². The Morgan fingerprint density at radius 3 is 2.63 bits per heavy atom. The second-order valence-corrected chi connectivity index (χ2v) is 8.84. The molecule has 0 spiro atoms. The maximum Gasteiger partial charge on any atom is 0.253 e. The predicted octanol–water partition coefficient (Wildman–Crippen LogP) is 4.33. The molecule has 1 aromatic heterocycles. The fourth-order valence-electron chi connectivity index (χ4n) is 4.40. The van der Waals surface area contributed by atoms with E-state index in [0.717, 1.165) is 73.9 Å². The molecular formula is C24H30ClN3O2. The van der Waals surface area contributed by atoms with Crippen LogP contribution in [0.2, 0.25) is 5.02 Å². The Morgan fingerprint density at radius 1 is 1.17 bits per heavy atom. The molecule has 0 aliphatic carbocycles. The van der Waals surface area contributed by atoms with Gasteiger partial charge in [-0.15, -0.1) is 0 Å². The average molecular weight is 428 g/mol. The molecule has 5 nitrogen and oxygen atoms in total. The normalized spacial score (nSPS) is 20.4. The van der Waals surface area contributed by atoms with E-state index in [9.17, 15) is 4.79 Å². The molecule has 160 valence electrons. The maximum atomic E-state index is 12.9. The molecule has 2 aliphatic heterocycles. The molecule has 6 heteroatoms. The first-order valence-electron chi connectivity index (χ1n) is 10.9. The molecule has 1 unspecified atom stereocenters. The van der Waals surface area contributed by atoms with Gasteiger partial charge in [-0.05, 0) is 75.5 Å². The van der Waals surface area contributed by atoms with Gasteiger partial charge in [0.15, 0.2) is 0 Å². The van der Waals surface area contributed by atoms with E-state index in [1.165, 1.54) is 5.56 Å². The highest BCUT2D eigenvalue weighted by Crippen LogP contribution is 2.30. The third-order valence-corrected chi connectivity index (χ3v) is 6.37. The molecule has 1 aromatic carbocycles. The SMILES string of the molecule is Cc1ccc(C(=O)NCC2CCCO2)c(C2CCN(Cc3ccc(Cl)cc3)CC2)n1. The lowest BCUT2D eigenvalue weighted by atomic mass is 9.89. The molecule has 2 fully saturated rings. The van der Waals surface area contributed by atoms with Crippen molar-refractivity contribution in [3.05, 3.63) is 63.9 Å². The summed E-state index contributed by atoms with van der Waals surface area (Å²) in [7, 11) is 0. The summed E-state index contributed by atoms with van der Waals surface area (Å²) in [5, 5.41) is 3.83. The number of nitrogens with zero attached hydrogens (tertiary/aromatic N) is 2. The van der Waals surface area contributed by atoms with Crippen molar-refractivity contribution in [2.24, 2.45) is 0 Å². The molecule has 2 saturated heterocycles. The second-order valence-electron chi connectivity index (χ2n) is 8.41. The van der Waals surface area contributed by atoms with Crippen LogP contribution in [0.15, 0.2) is 36.4 Å². The van der Waals surface area contributed by atoms with Gasteiger partial charge in [-0.2, -0.15) is 0 Å². The third-order valence-electron chi connectivity index (χ3n) is 6.12. The highest BCUT2D eigenvalue weighted by Gasteiger charge is 2.26. The van der Waals surface area contributed by atoms with Crippen molar-refractivity contribution in [2.45, 2.75) is 51.2 Å². The summed E-state index contributed by atoms with van der Waals surface area (Å²) in [6.07, 6.45) is 4.26. The van der Waals surface area contributed by atoms with Gasteiger partial charge < -0.3 is 10.1 Å². The van der Waals surface area contributed by atoms with Crippen LogP contribution in [0.1, 0.15) is 58.9 Å². The minimum Gasteiger partial charge on any atom is -0.376 e. The lowest BCUT2D eigenvalue weighted by Gasteiger charge is -2.32. The zero-order valence-corrected chi connectivity index (χ0v) is 18.3. The summed E-state index contributed by atoms with van der Waals surface area (Å²) in [5.74, 6) is 0.284. The van der Waals surface area contributed by atoms with Gasteiger partial charge in [-0.1, -0.05) is 23.7 Å². The van der Waals surface area contributed by atoms with Gasteiger partial charge in [0.05, 0.1) is 17.4 Å². The number of aromatic nitrogens is 1. The van der Waals surface area contributed by atoms with Crippen LogP contribution in [0.25, 0.3) is 0 Å². The second kappa shape index (κ2) is 9.90. The zero-order valence-electron chi connectivity index (χ0n) is 17.6. The maximum absolute atomic E-state index is 12.9. The first kappa shape index (κ1) is 21.3. The van der Waals surface area contributed by atoms with Crippen molar-refractivity contribution in [1.82, 2.24) is 15.2 Å². The minimum absolute atomic E-state index is 0.0309. The lowest BCUT2D eigenvalue weighted by Crippen LogP contribution is -2.35. The molecule has 4 rings (SSSR count). The quantitative estimate of drug-likeness (QED) is 0.745. The van der Waals surface area contributed by atoms with Crippen LogP contribution in [0, 0.1) is 6.92 Å². The van der Waals surface area contributed by atoms with Crippen LogP contribution in [-0.4, -0.2) is 48.1 Å². The molecule has 2 aliphatic rings. The lowest BCUT2D eigenvalue weighted by molar-refractivity contribution is 0.0855. The number of carbonyl (C=O) groups excluding carboxylic acids is 1. The smallest absolute Gasteiger partial charge is 0.253 e. The van der Waals surface area contributed by atoms with E-state index in [0.29, 0.717) is 12.5 Å². The van der Waals surface area contributed by atoms with Gasteiger partial charge in [0, 0.05) is 36.3 Å². The Kier molecular flexibility index (Phi) is 7.03. The van der Waals surface area contributed by atoms with Crippen molar-refractivity contribution in [3.63, 3.8) is 0 Å². The number of hydrogen-bond donors (Lipinski definition) is 1. The van der Waals surface area contributed by atoms with Gasteiger partial charge in [-0.3, -0.25) is 14.7 Å². The largest absolute Gasteiger partial charge is 0.376 e. The van der Waals surface area contributed by atoms with E-state index >= 15 is 0 Å². The fourth-order valence-corrected chi connectivity index (χ4v) is 4.53. The Bertz CT molecular complexity index is 857. The third kappa shape index (κ3) is 5.39. The van der Waals surface area contributed by atoms with E-state index in [2.05, 4.69) is 22.3 Å². The first-order chi connectivity index (χ1) is 14.6. The van der Waals surface area contributed by atoms with Crippen LogP contribution in [-0.2, 0) is 11.3 Å². The van der Waals surface area contributed by atoms with E-state index < -0.39 is 0 Å². The number of ether oxygens (including phenoxy) is 1. The highest BCUT2D eigenvalue weighted by molar-refractivity contribution is 6.30. The highest BCUT2D eigenvalue weighted by atomic mass is 35.5. The minimum atomic E-state index is -0.0309. The van der Waals surface area contributed by atoms with E-state index in [1.54, 1.807) is 0 Å². The number of benzene rings is 1. The predicted molar refractivity (Wildman–Crippen MR) is 119 cm³/mol. The van der Waals surface area contributed by atoms with E-state index in [4.69, 9.17) is 21.3 Å². The number of piperidine rings is 1. The average Bonchev–Trinajstić information content (AvgIpc) is 3.28. The summed E-state index contributed by atoms with van der Waals surface area (Å²) in [5.41, 5.74) is 3.91. The number of aryl methyl sites for hydroxylation is 1. The Labute approximate surface area is 183 Å². The van der Waals surface area contributed by atoms with Crippen LogP contribution < -0.4 is 5.32 Å². The molecule has 0 radical (unpaired) electrons. The molecule has 0 bridgehead atoms. The number of nitrogens with one attached hydrogen (secondary N) is 1. The molecular weight excluding hydrogens is 398 g/mol. The summed E-state index contributed by atoms with van der Waals surface area (Å²) in [4.78, 5) is 20.1. The van der Waals surface area contributed by atoms with Gasteiger partial charge in [-0.25, -0.2) is 0 Å². The topological polar surface area (TPSA) is 54.5 Å². The van der Waals surface area contributed by atoms with Gasteiger partial charge in [0.25, 0.3) is 5.91 Å². The number of amides is 1. The van der Waals surface area contributed by atoms with Crippen LogP contribution >= 0.6 is 11.6 Å². The van der Waals surface area contributed by atoms with Gasteiger partial charge in [0.1, 0.15) is 0 Å². The van der Waals surface area contributed by atoms with Crippen molar-refractivity contribution >= 4 is 17.5 Å². The van der Waals surface area contributed by atoms with Crippen LogP contribution in [0.3, 0.4) is 0 Å². The number of pyridine rings is 1. The number of carbonyl (C=O) groups is 1. The fraction of sp³-hybridized carbons (Fsp3) is 0.500. The summed E-state index contributed by atoms with van der Waals surface area (Å²) >= 11 is 5.99. The van der Waals surface area contributed by atoms with E-state index in [1.807, 2.05) is 31.2 Å². The van der Waals surface area contributed by atoms with Crippen LogP contribution in [0.4, 0.5) is 0 Å². The summed E-state index contributed by atoms with van der Waals surface area (Å²) in [6.45, 7) is 6.30. The first-order valence-corrected chi connectivity index (χ1v) is 11.3. The van der Waals surface area contributed by atoms with Gasteiger partial charge >= 0.3 is 0 Å². The molecule has 0 saturated carbocycles. The van der Waals surface area contributed by atoms with Crippen LogP contribution in [0.5, 0.6) is 0 Å². The number of hydrogen-bond acceptors (Lipinski definition) is 4. The number of rotatable bonds is 6. The number of likely N-dealkylation sites (tertiary alicyclic amines) is 1. The van der Waals surface area contributed by atoms with E-state index in [-0.39, 0.29) is 12.0 Å². The molecule has 30 heavy (non-hydrogen) atoms. The molecule has 3 heterocycles. The Hall–Kier alpha value is -1.95. The zero-order chi connectivity index (χ0) is 20.9. The van der Waals surface area contributed by atoms with Crippen molar-refractivity contribution < 1.29 is 9.53 Å². The Balaban J connectivity index is 1.38.